The number of carbonyl (C=O) groups excluding carboxylic acids is 1. The van der Waals surface area contributed by atoms with Gasteiger partial charge in [-0.15, -0.1) is 0 Å². The van der Waals surface area contributed by atoms with Gasteiger partial charge in [-0.2, -0.15) is 9.61 Å². The maximum absolute atomic E-state index is 12.3. The molecule has 4 rings (SSSR count). The molecule has 8 heteroatoms. The molecule has 2 heterocycles. The summed E-state index contributed by atoms with van der Waals surface area (Å²) in [6.45, 7) is 0.145. The third-order valence-electron chi connectivity index (χ3n) is 3.86. The van der Waals surface area contributed by atoms with Crippen LogP contribution in [0.1, 0.15) is 16.1 Å². The molecule has 0 atom stereocenters. The summed E-state index contributed by atoms with van der Waals surface area (Å²) in [6, 6.07) is 17.5. The highest BCUT2D eigenvalue weighted by Crippen LogP contribution is 2.23. The lowest BCUT2D eigenvalue weighted by Gasteiger charge is -2.04. The van der Waals surface area contributed by atoms with Gasteiger partial charge < -0.3 is 5.32 Å². The van der Waals surface area contributed by atoms with E-state index < -0.39 is 0 Å². The number of amides is 1. The van der Waals surface area contributed by atoms with Crippen molar-refractivity contribution in [2.24, 2.45) is 0 Å². The molecule has 27 heavy (non-hydrogen) atoms. The number of benzene rings is 2. The fraction of sp³-hybridized carbons (Fsp3) is 0.0526. The molecule has 0 aliphatic carbocycles. The standard InChI is InChI=1S/C19H13ClN4O2S/c20-14-8-6-12(7-9-14)17(26)21-11-15-10-16(25)24-19(22-15)27-18(23-24)13-4-2-1-3-5-13/h1-10H,11H2,(H,21,26). The molecule has 0 fully saturated rings. The Kier molecular flexibility index (Phi) is 4.70. The number of nitrogens with zero attached hydrogens (tertiary/aromatic N) is 3. The summed E-state index contributed by atoms with van der Waals surface area (Å²) < 4.78 is 1.28. The van der Waals surface area contributed by atoms with Gasteiger partial charge >= 0.3 is 0 Å². The Morgan fingerprint density at radius 1 is 1.11 bits per heavy atom. The highest BCUT2D eigenvalue weighted by molar-refractivity contribution is 7.19. The van der Waals surface area contributed by atoms with Crippen LogP contribution < -0.4 is 10.9 Å². The first-order chi connectivity index (χ1) is 13.1. The van der Waals surface area contributed by atoms with Crippen LogP contribution in [0.5, 0.6) is 0 Å². The third-order valence-corrected chi connectivity index (χ3v) is 5.06. The Morgan fingerprint density at radius 3 is 2.59 bits per heavy atom. The van der Waals surface area contributed by atoms with Crippen molar-refractivity contribution in [2.75, 3.05) is 0 Å². The number of rotatable bonds is 4. The molecule has 1 N–H and O–H groups in total. The molecule has 2 aromatic carbocycles. The first-order valence-electron chi connectivity index (χ1n) is 8.09. The molecule has 0 aliphatic rings. The van der Waals surface area contributed by atoms with E-state index in [1.807, 2.05) is 30.3 Å². The van der Waals surface area contributed by atoms with Crippen LogP contribution in [0.2, 0.25) is 5.02 Å². The van der Waals surface area contributed by atoms with Crippen molar-refractivity contribution in [1.82, 2.24) is 19.9 Å². The molecule has 6 nitrogen and oxygen atoms in total. The molecule has 134 valence electrons. The second-order valence-electron chi connectivity index (χ2n) is 5.74. The summed E-state index contributed by atoms with van der Waals surface area (Å²) in [5.74, 6) is -0.261. The predicted molar refractivity (Wildman–Crippen MR) is 105 cm³/mol. The van der Waals surface area contributed by atoms with Crippen molar-refractivity contribution >= 4 is 33.8 Å². The molecule has 4 aromatic rings. The summed E-state index contributed by atoms with van der Waals surface area (Å²) in [4.78, 5) is 29.5. The van der Waals surface area contributed by atoms with E-state index in [2.05, 4.69) is 15.4 Å². The molecule has 0 saturated heterocycles. The summed E-state index contributed by atoms with van der Waals surface area (Å²) >= 11 is 7.15. The molecule has 0 saturated carbocycles. The number of carbonyl (C=O) groups is 1. The van der Waals surface area contributed by atoms with Crippen LogP contribution in [-0.4, -0.2) is 20.5 Å². The predicted octanol–water partition coefficient (Wildman–Crippen LogP) is 3.40. The van der Waals surface area contributed by atoms with Crippen molar-refractivity contribution in [2.45, 2.75) is 6.54 Å². The van der Waals surface area contributed by atoms with E-state index in [1.165, 1.54) is 21.9 Å². The molecular weight excluding hydrogens is 384 g/mol. The fourth-order valence-electron chi connectivity index (χ4n) is 2.52. The molecule has 0 radical (unpaired) electrons. The van der Waals surface area contributed by atoms with Gasteiger partial charge in [-0.05, 0) is 24.3 Å². The van der Waals surface area contributed by atoms with E-state index in [1.54, 1.807) is 24.3 Å². The van der Waals surface area contributed by atoms with E-state index in [0.29, 0.717) is 26.2 Å². The van der Waals surface area contributed by atoms with Crippen molar-refractivity contribution < 1.29 is 4.79 Å². The van der Waals surface area contributed by atoms with Crippen LogP contribution in [0.15, 0.2) is 65.5 Å². The molecule has 0 unspecified atom stereocenters. The Hall–Kier alpha value is -3.03. The maximum atomic E-state index is 12.3. The number of hydrogen-bond acceptors (Lipinski definition) is 5. The lowest BCUT2D eigenvalue weighted by Crippen LogP contribution is -2.25. The molecule has 1 amide bonds. The van der Waals surface area contributed by atoms with Gasteiger partial charge in [0, 0.05) is 22.2 Å². The van der Waals surface area contributed by atoms with Gasteiger partial charge in [-0.1, -0.05) is 53.3 Å². The average Bonchev–Trinajstić information content (AvgIpc) is 3.12. The van der Waals surface area contributed by atoms with Crippen molar-refractivity contribution in [3.05, 3.63) is 87.3 Å². The van der Waals surface area contributed by atoms with Gasteiger partial charge in [0.15, 0.2) is 0 Å². The van der Waals surface area contributed by atoms with Crippen LogP contribution in [0.4, 0.5) is 0 Å². The number of halogens is 1. The summed E-state index contributed by atoms with van der Waals surface area (Å²) in [6.07, 6.45) is 0. The van der Waals surface area contributed by atoms with Gasteiger partial charge in [-0.25, -0.2) is 4.98 Å². The maximum Gasteiger partial charge on any atom is 0.275 e. The van der Waals surface area contributed by atoms with E-state index >= 15 is 0 Å². The fourth-order valence-corrected chi connectivity index (χ4v) is 3.57. The van der Waals surface area contributed by atoms with Gasteiger partial charge in [0.2, 0.25) is 4.96 Å². The summed E-state index contributed by atoms with van der Waals surface area (Å²) in [7, 11) is 0. The van der Waals surface area contributed by atoms with Crippen LogP contribution in [-0.2, 0) is 6.54 Å². The Labute approximate surface area is 163 Å². The normalized spacial score (nSPS) is 10.9. The highest BCUT2D eigenvalue weighted by atomic mass is 35.5. The van der Waals surface area contributed by atoms with Crippen molar-refractivity contribution in [1.29, 1.82) is 0 Å². The monoisotopic (exact) mass is 396 g/mol. The quantitative estimate of drug-likeness (QED) is 0.573. The number of nitrogens with one attached hydrogen (secondary N) is 1. The van der Waals surface area contributed by atoms with Gasteiger partial charge in [-0.3, -0.25) is 9.59 Å². The van der Waals surface area contributed by atoms with Crippen LogP contribution in [0.3, 0.4) is 0 Å². The first-order valence-corrected chi connectivity index (χ1v) is 9.28. The van der Waals surface area contributed by atoms with E-state index in [-0.39, 0.29) is 18.0 Å². The van der Waals surface area contributed by atoms with Crippen LogP contribution in [0.25, 0.3) is 15.5 Å². The summed E-state index contributed by atoms with van der Waals surface area (Å²) in [5, 5.41) is 8.36. The van der Waals surface area contributed by atoms with Crippen LogP contribution in [0, 0.1) is 0 Å². The topological polar surface area (TPSA) is 76.4 Å². The SMILES string of the molecule is O=C(NCc1cc(=O)n2nc(-c3ccccc3)sc2n1)c1ccc(Cl)cc1. The second-order valence-corrected chi connectivity index (χ2v) is 7.14. The zero-order valence-corrected chi connectivity index (χ0v) is 15.5. The second kappa shape index (κ2) is 7.30. The van der Waals surface area contributed by atoms with E-state index in [0.717, 1.165) is 5.56 Å². The zero-order chi connectivity index (χ0) is 18.8. The number of hydrogen-bond donors (Lipinski definition) is 1. The largest absolute Gasteiger partial charge is 0.346 e. The minimum Gasteiger partial charge on any atom is -0.346 e. The van der Waals surface area contributed by atoms with Gasteiger partial charge in [0.05, 0.1) is 12.2 Å². The average molecular weight is 397 g/mol. The minimum absolute atomic E-state index is 0.145. The van der Waals surface area contributed by atoms with Crippen LogP contribution >= 0.6 is 22.9 Å². The van der Waals surface area contributed by atoms with Gasteiger partial charge in [0.1, 0.15) is 5.01 Å². The number of aromatic nitrogens is 3. The lowest BCUT2D eigenvalue weighted by atomic mass is 10.2. The molecule has 0 aliphatic heterocycles. The molecule has 0 spiro atoms. The Bertz CT molecular complexity index is 1170. The molecular formula is C19H13ClN4O2S. The minimum atomic E-state index is -0.283. The first kappa shape index (κ1) is 17.4. The Morgan fingerprint density at radius 2 is 1.85 bits per heavy atom. The lowest BCUT2D eigenvalue weighted by molar-refractivity contribution is 0.0950. The summed E-state index contributed by atoms with van der Waals surface area (Å²) in [5.41, 5.74) is 1.60. The van der Waals surface area contributed by atoms with E-state index in [4.69, 9.17) is 11.6 Å². The zero-order valence-electron chi connectivity index (χ0n) is 13.9. The van der Waals surface area contributed by atoms with E-state index in [9.17, 15) is 9.59 Å². The Balaban J connectivity index is 1.57. The molecule has 2 aromatic heterocycles. The smallest absolute Gasteiger partial charge is 0.275 e. The molecule has 0 bridgehead atoms. The van der Waals surface area contributed by atoms with Crippen molar-refractivity contribution in [3.63, 3.8) is 0 Å². The number of fused-ring (bicyclic) bond motifs is 1. The third kappa shape index (κ3) is 3.74. The van der Waals surface area contributed by atoms with Gasteiger partial charge in [0.25, 0.3) is 11.5 Å². The van der Waals surface area contributed by atoms with Crippen molar-refractivity contribution in [3.8, 4) is 10.6 Å². The highest BCUT2D eigenvalue weighted by Gasteiger charge is 2.11.